The fourth-order valence-corrected chi connectivity index (χ4v) is 5.21. The van der Waals surface area contributed by atoms with E-state index >= 15 is 0 Å². The molecule has 0 radical (unpaired) electrons. The van der Waals surface area contributed by atoms with Gasteiger partial charge in [-0.15, -0.1) is 10.2 Å². The molecule has 0 bridgehead atoms. The molecular formula is C20H22N4OS2. The highest BCUT2D eigenvalue weighted by molar-refractivity contribution is 8.18. The van der Waals surface area contributed by atoms with Crippen LogP contribution in [-0.4, -0.2) is 32.2 Å². The lowest BCUT2D eigenvalue weighted by molar-refractivity contribution is -0.124. The molecular weight excluding hydrogens is 376 g/mol. The van der Waals surface area contributed by atoms with Gasteiger partial charge in [0.2, 0.25) is 5.13 Å². The first kappa shape index (κ1) is 18.4. The van der Waals surface area contributed by atoms with Crippen molar-refractivity contribution in [2.24, 2.45) is 4.99 Å². The van der Waals surface area contributed by atoms with Gasteiger partial charge in [-0.05, 0) is 50.1 Å². The lowest BCUT2D eigenvalue weighted by Gasteiger charge is -2.30. The summed E-state index contributed by atoms with van der Waals surface area (Å²) in [6.45, 7) is 3.97. The molecule has 140 valence electrons. The molecule has 1 aromatic heterocycles. The summed E-state index contributed by atoms with van der Waals surface area (Å²) in [7, 11) is 0. The van der Waals surface area contributed by atoms with E-state index in [0.29, 0.717) is 5.13 Å². The van der Waals surface area contributed by atoms with Crippen LogP contribution in [0.1, 0.15) is 48.2 Å². The van der Waals surface area contributed by atoms with Gasteiger partial charge in [-0.1, -0.05) is 60.4 Å². The van der Waals surface area contributed by atoms with Crippen LogP contribution < -0.4 is 0 Å². The minimum absolute atomic E-state index is 0.0633. The number of hydrogen-bond acceptors (Lipinski definition) is 6. The Hall–Kier alpha value is -1.99. The van der Waals surface area contributed by atoms with Crippen LogP contribution in [0.4, 0.5) is 5.13 Å². The normalized spacial score (nSPS) is 21.6. The van der Waals surface area contributed by atoms with Gasteiger partial charge in [0.05, 0.1) is 4.91 Å². The molecule has 2 aromatic rings. The lowest BCUT2D eigenvalue weighted by atomic mass is 9.94. The Morgan fingerprint density at radius 1 is 1.19 bits per heavy atom. The third-order valence-electron chi connectivity index (χ3n) is 4.82. The summed E-state index contributed by atoms with van der Waals surface area (Å²) in [5.74, 6) is 0.0633. The Balaban J connectivity index is 1.69. The van der Waals surface area contributed by atoms with Gasteiger partial charge in [-0.25, -0.2) is 0 Å². The van der Waals surface area contributed by atoms with Gasteiger partial charge in [-0.2, -0.15) is 4.99 Å². The Kier molecular flexibility index (Phi) is 5.41. The first-order valence-corrected chi connectivity index (χ1v) is 10.9. The van der Waals surface area contributed by atoms with Gasteiger partial charge in [0, 0.05) is 6.04 Å². The van der Waals surface area contributed by atoms with E-state index in [0.717, 1.165) is 33.5 Å². The maximum Gasteiger partial charge on any atom is 0.267 e. The maximum absolute atomic E-state index is 13.2. The van der Waals surface area contributed by atoms with Crippen molar-refractivity contribution in [3.8, 4) is 0 Å². The highest BCUT2D eigenvalue weighted by atomic mass is 32.2. The number of aryl methyl sites for hydroxylation is 2. The minimum Gasteiger partial charge on any atom is -0.283 e. The predicted octanol–water partition coefficient (Wildman–Crippen LogP) is 5.09. The van der Waals surface area contributed by atoms with Crippen molar-refractivity contribution < 1.29 is 4.79 Å². The zero-order chi connectivity index (χ0) is 18.8. The van der Waals surface area contributed by atoms with E-state index in [-0.39, 0.29) is 11.9 Å². The van der Waals surface area contributed by atoms with Crippen molar-refractivity contribution in [2.45, 2.75) is 52.0 Å². The van der Waals surface area contributed by atoms with Crippen molar-refractivity contribution in [2.75, 3.05) is 0 Å². The zero-order valence-electron chi connectivity index (χ0n) is 15.5. The number of aromatic nitrogens is 2. The average Bonchev–Trinajstić information content (AvgIpc) is 3.19. The second-order valence-corrected chi connectivity index (χ2v) is 9.16. The quantitative estimate of drug-likeness (QED) is 0.676. The summed E-state index contributed by atoms with van der Waals surface area (Å²) in [5.41, 5.74) is 2.23. The zero-order valence-corrected chi connectivity index (χ0v) is 17.1. The van der Waals surface area contributed by atoms with Crippen LogP contribution in [0.5, 0.6) is 0 Å². The molecule has 2 aliphatic rings. The molecule has 1 aromatic carbocycles. The van der Waals surface area contributed by atoms with Crippen molar-refractivity contribution >= 4 is 45.4 Å². The number of amidine groups is 1. The van der Waals surface area contributed by atoms with Gasteiger partial charge < -0.3 is 0 Å². The van der Waals surface area contributed by atoms with Crippen LogP contribution in [-0.2, 0) is 4.79 Å². The topological polar surface area (TPSA) is 58.5 Å². The van der Waals surface area contributed by atoms with Crippen LogP contribution in [0.3, 0.4) is 0 Å². The number of nitrogens with zero attached hydrogens (tertiary/aromatic N) is 4. The predicted molar refractivity (Wildman–Crippen MR) is 112 cm³/mol. The molecule has 1 aliphatic heterocycles. The number of benzene rings is 1. The van der Waals surface area contributed by atoms with Gasteiger partial charge in [0.15, 0.2) is 5.17 Å². The molecule has 0 N–H and O–H groups in total. The average molecular weight is 399 g/mol. The highest BCUT2D eigenvalue weighted by Gasteiger charge is 2.38. The monoisotopic (exact) mass is 398 g/mol. The smallest absolute Gasteiger partial charge is 0.267 e. The highest BCUT2D eigenvalue weighted by Crippen LogP contribution is 2.38. The molecule has 1 saturated heterocycles. The van der Waals surface area contributed by atoms with Crippen LogP contribution in [0.25, 0.3) is 6.08 Å². The minimum atomic E-state index is 0.0633. The van der Waals surface area contributed by atoms with Crippen LogP contribution in [0, 0.1) is 13.8 Å². The molecule has 2 fully saturated rings. The van der Waals surface area contributed by atoms with E-state index in [1.165, 1.54) is 47.9 Å². The number of rotatable bonds is 3. The van der Waals surface area contributed by atoms with E-state index < -0.39 is 0 Å². The second-order valence-electron chi connectivity index (χ2n) is 6.99. The largest absolute Gasteiger partial charge is 0.283 e. The summed E-state index contributed by atoms with van der Waals surface area (Å²) in [4.78, 5) is 20.5. The van der Waals surface area contributed by atoms with Crippen molar-refractivity contribution in [1.29, 1.82) is 0 Å². The molecule has 2 heterocycles. The number of thioether (sulfide) groups is 1. The summed E-state index contributed by atoms with van der Waals surface area (Å²) >= 11 is 2.90. The fourth-order valence-electron chi connectivity index (χ4n) is 3.55. The number of carbonyl (C=O) groups excluding carboxylic acids is 1. The maximum atomic E-state index is 13.2. The van der Waals surface area contributed by atoms with E-state index in [2.05, 4.69) is 34.2 Å². The number of hydrogen-bond donors (Lipinski definition) is 0. The van der Waals surface area contributed by atoms with Crippen molar-refractivity contribution in [1.82, 2.24) is 15.1 Å². The SMILES string of the molecule is Cc1cccc(/C=C2\S/C(=N/c3nnc(C)s3)N(C3CCCCC3)C2=O)c1. The summed E-state index contributed by atoms with van der Waals surface area (Å²) in [6, 6.07) is 8.43. The second kappa shape index (κ2) is 7.94. The first-order valence-electron chi connectivity index (χ1n) is 9.29. The van der Waals surface area contributed by atoms with Crippen molar-refractivity contribution in [3.05, 3.63) is 45.3 Å². The Bertz CT molecular complexity index is 912. The Morgan fingerprint density at radius 3 is 2.70 bits per heavy atom. The third kappa shape index (κ3) is 4.14. The molecule has 0 atom stereocenters. The summed E-state index contributed by atoms with van der Waals surface area (Å²) in [6.07, 6.45) is 7.64. The van der Waals surface area contributed by atoms with E-state index in [1.807, 2.05) is 30.0 Å². The first-order chi connectivity index (χ1) is 13.1. The van der Waals surface area contributed by atoms with Gasteiger partial charge in [0.1, 0.15) is 5.01 Å². The van der Waals surface area contributed by atoms with Crippen LogP contribution >= 0.6 is 23.1 Å². The number of aliphatic imine (C=N–C) groups is 1. The number of amides is 1. The number of carbonyl (C=O) groups is 1. The summed E-state index contributed by atoms with van der Waals surface area (Å²) in [5, 5.41) is 10.4. The van der Waals surface area contributed by atoms with Gasteiger partial charge in [0.25, 0.3) is 5.91 Å². The molecule has 0 unspecified atom stereocenters. The fraction of sp³-hybridized carbons (Fsp3) is 0.400. The summed E-state index contributed by atoms with van der Waals surface area (Å²) < 4.78 is 0. The molecule has 5 nitrogen and oxygen atoms in total. The third-order valence-corrected chi connectivity index (χ3v) is 6.54. The molecule has 1 saturated carbocycles. The molecule has 1 amide bonds. The Morgan fingerprint density at radius 2 is 2.00 bits per heavy atom. The molecule has 4 rings (SSSR count). The van der Waals surface area contributed by atoms with Gasteiger partial charge >= 0.3 is 0 Å². The van der Waals surface area contributed by atoms with Crippen LogP contribution in [0.15, 0.2) is 34.2 Å². The molecule has 0 spiro atoms. The van der Waals surface area contributed by atoms with Crippen molar-refractivity contribution in [3.63, 3.8) is 0 Å². The molecule has 1 aliphatic carbocycles. The van der Waals surface area contributed by atoms with Crippen LogP contribution in [0.2, 0.25) is 0 Å². The van der Waals surface area contributed by atoms with Gasteiger partial charge in [-0.3, -0.25) is 9.69 Å². The van der Waals surface area contributed by atoms with E-state index in [9.17, 15) is 4.79 Å². The molecule has 7 heteroatoms. The standard InChI is InChI=1S/C20H22N4OS2/c1-13-7-6-8-15(11-13)12-17-18(25)24(16-9-4-3-5-10-16)20(27-17)21-19-23-22-14(2)26-19/h6-8,11-12,16H,3-5,9-10H2,1-2H3/b17-12-,21-20+. The lowest BCUT2D eigenvalue weighted by Crippen LogP contribution is -2.40. The van der Waals surface area contributed by atoms with E-state index in [4.69, 9.17) is 0 Å². The Labute approximate surface area is 167 Å². The van der Waals surface area contributed by atoms with E-state index in [1.54, 1.807) is 0 Å². The molecule has 27 heavy (non-hydrogen) atoms.